The van der Waals surface area contributed by atoms with Crippen molar-refractivity contribution in [3.8, 4) is 6.07 Å². The Kier molecular flexibility index (Phi) is 4.35. The second-order valence-corrected chi connectivity index (χ2v) is 5.21. The highest BCUT2D eigenvalue weighted by molar-refractivity contribution is 5.31. The normalized spacial score (nSPS) is 24.7. The van der Waals surface area contributed by atoms with Crippen molar-refractivity contribution in [1.29, 1.82) is 5.26 Å². The van der Waals surface area contributed by atoms with E-state index < -0.39 is 6.23 Å². The lowest BCUT2D eigenvalue weighted by atomic mass is 9.96. The maximum atomic E-state index is 10.1. The number of aliphatic hydroxyl groups is 1. The van der Waals surface area contributed by atoms with E-state index in [4.69, 9.17) is 5.26 Å². The average Bonchev–Trinajstić information content (AvgIpc) is 2.83. The van der Waals surface area contributed by atoms with E-state index in [0.29, 0.717) is 23.9 Å². The zero-order chi connectivity index (χ0) is 13.0. The van der Waals surface area contributed by atoms with Gasteiger partial charge < -0.3 is 5.11 Å². The summed E-state index contributed by atoms with van der Waals surface area (Å²) in [5.41, 5.74) is 1.77. The van der Waals surface area contributed by atoms with Crippen LogP contribution in [0.25, 0.3) is 0 Å². The predicted molar refractivity (Wildman–Crippen MR) is 70.5 cm³/mol. The molecule has 0 saturated heterocycles. The molecule has 2 rings (SSSR count). The zero-order valence-electron chi connectivity index (χ0n) is 10.8. The quantitative estimate of drug-likeness (QED) is 0.800. The molecule has 1 fully saturated rings. The Labute approximate surface area is 108 Å². The molecule has 2 N–H and O–H groups in total. The van der Waals surface area contributed by atoms with Gasteiger partial charge in [-0.05, 0) is 30.0 Å². The van der Waals surface area contributed by atoms with E-state index >= 15 is 0 Å². The molecule has 0 bridgehead atoms. The van der Waals surface area contributed by atoms with Crippen LogP contribution in [0.2, 0.25) is 0 Å². The lowest BCUT2D eigenvalue weighted by Gasteiger charge is -2.23. The first kappa shape index (κ1) is 13.1. The SMILES string of the molecule is CC1CCC[C@H]1C(O)NCc1ccc(C#N)cc1. The molecule has 1 aromatic rings. The molecule has 0 heterocycles. The molecular formula is C15H20N2O. The van der Waals surface area contributed by atoms with Crippen molar-refractivity contribution >= 4 is 0 Å². The molecule has 3 atom stereocenters. The summed E-state index contributed by atoms with van der Waals surface area (Å²) < 4.78 is 0. The van der Waals surface area contributed by atoms with Crippen LogP contribution in [0.1, 0.15) is 37.3 Å². The fourth-order valence-corrected chi connectivity index (χ4v) is 2.71. The second kappa shape index (κ2) is 5.99. The molecule has 1 saturated carbocycles. The van der Waals surface area contributed by atoms with Gasteiger partial charge in [0.25, 0.3) is 0 Å². The molecule has 0 amide bonds. The van der Waals surface area contributed by atoms with Gasteiger partial charge in [-0.3, -0.25) is 5.32 Å². The van der Waals surface area contributed by atoms with Gasteiger partial charge >= 0.3 is 0 Å². The third-order valence-electron chi connectivity index (χ3n) is 3.93. The highest BCUT2D eigenvalue weighted by atomic mass is 16.3. The van der Waals surface area contributed by atoms with Gasteiger partial charge in [0, 0.05) is 12.5 Å². The number of hydrogen-bond donors (Lipinski definition) is 2. The maximum Gasteiger partial charge on any atom is 0.108 e. The molecule has 96 valence electrons. The zero-order valence-corrected chi connectivity index (χ0v) is 10.8. The number of benzene rings is 1. The molecule has 0 spiro atoms. The molecule has 3 heteroatoms. The second-order valence-electron chi connectivity index (χ2n) is 5.21. The minimum absolute atomic E-state index is 0.378. The van der Waals surface area contributed by atoms with E-state index in [1.807, 2.05) is 24.3 Å². The molecule has 2 unspecified atom stereocenters. The number of rotatable bonds is 4. The van der Waals surface area contributed by atoms with Crippen LogP contribution >= 0.6 is 0 Å². The van der Waals surface area contributed by atoms with E-state index in [9.17, 15) is 5.11 Å². The Hall–Kier alpha value is -1.37. The number of nitriles is 1. The van der Waals surface area contributed by atoms with Crippen molar-refractivity contribution in [3.05, 3.63) is 35.4 Å². The standard InChI is InChI=1S/C15H20N2O/c1-11-3-2-4-14(11)15(18)17-10-13-7-5-12(9-16)6-8-13/h5-8,11,14-15,17-18H,2-4,10H2,1H3/t11?,14-,15?/m1/s1. The van der Waals surface area contributed by atoms with Crippen LogP contribution in [0.15, 0.2) is 24.3 Å². The van der Waals surface area contributed by atoms with Crippen molar-refractivity contribution in [2.45, 2.75) is 39.0 Å². The van der Waals surface area contributed by atoms with Crippen molar-refractivity contribution in [2.24, 2.45) is 11.8 Å². The summed E-state index contributed by atoms with van der Waals surface area (Å²) in [7, 11) is 0. The molecule has 18 heavy (non-hydrogen) atoms. The van der Waals surface area contributed by atoms with Crippen LogP contribution in [-0.2, 0) is 6.54 Å². The van der Waals surface area contributed by atoms with Gasteiger partial charge in [-0.15, -0.1) is 0 Å². The van der Waals surface area contributed by atoms with Crippen LogP contribution in [0.3, 0.4) is 0 Å². The molecule has 0 radical (unpaired) electrons. The lowest BCUT2D eigenvalue weighted by molar-refractivity contribution is 0.0574. The van der Waals surface area contributed by atoms with E-state index in [0.717, 1.165) is 12.0 Å². The van der Waals surface area contributed by atoms with Crippen molar-refractivity contribution in [1.82, 2.24) is 5.32 Å². The Balaban J connectivity index is 1.85. The van der Waals surface area contributed by atoms with Gasteiger partial charge in [-0.1, -0.05) is 31.9 Å². The van der Waals surface area contributed by atoms with Crippen molar-refractivity contribution in [2.75, 3.05) is 0 Å². The summed E-state index contributed by atoms with van der Waals surface area (Å²) in [4.78, 5) is 0. The largest absolute Gasteiger partial charge is 0.378 e. The van der Waals surface area contributed by atoms with Crippen molar-refractivity contribution in [3.63, 3.8) is 0 Å². The lowest BCUT2D eigenvalue weighted by Crippen LogP contribution is -2.36. The van der Waals surface area contributed by atoms with Crippen LogP contribution < -0.4 is 5.32 Å². The van der Waals surface area contributed by atoms with Gasteiger partial charge in [-0.25, -0.2) is 0 Å². The molecule has 0 aliphatic heterocycles. The number of aliphatic hydroxyl groups excluding tert-OH is 1. The highest BCUT2D eigenvalue weighted by Gasteiger charge is 2.29. The fourth-order valence-electron chi connectivity index (χ4n) is 2.71. The summed E-state index contributed by atoms with van der Waals surface area (Å²) in [6, 6.07) is 9.57. The molecule has 0 aromatic heterocycles. The van der Waals surface area contributed by atoms with Gasteiger partial charge in [0.15, 0.2) is 0 Å². The van der Waals surface area contributed by atoms with E-state index in [-0.39, 0.29) is 0 Å². The van der Waals surface area contributed by atoms with Gasteiger partial charge in [0.05, 0.1) is 11.6 Å². The maximum absolute atomic E-state index is 10.1. The Morgan fingerprint density at radius 3 is 2.67 bits per heavy atom. The number of nitrogens with one attached hydrogen (secondary N) is 1. The van der Waals surface area contributed by atoms with Crippen LogP contribution in [0.4, 0.5) is 0 Å². The van der Waals surface area contributed by atoms with E-state index in [2.05, 4.69) is 18.3 Å². The average molecular weight is 244 g/mol. The molecular weight excluding hydrogens is 224 g/mol. The summed E-state index contributed by atoms with van der Waals surface area (Å²) in [6.07, 6.45) is 3.14. The first-order valence-corrected chi connectivity index (χ1v) is 6.61. The summed E-state index contributed by atoms with van der Waals surface area (Å²) >= 11 is 0. The third kappa shape index (κ3) is 3.10. The first-order chi connectivity index (χ1) is 8.70. The number of hydrogen-bond acceptors (Lipinski definition) is 3. The fraction of sp³-hybridized carbons (Fsp3) is 0.533. The topological polar surface area (TPSA) is 56.0 Å². The van der Waals surface area contributed by atoms with Gasteiger partial charge in [0.1, 0.15) is 6.23 Å². The molecule has 3 nitrogen and oxygen atoms in total. The number of nitrogens with zero attached hydrogens (tertiary/aromatic N) is 1. The third-order valence-corrected chi connectivity index (χ3v) is 3.93. The summed E-state index contributed by atoms with van der Waals surface area (Å²) in [5, 5.41) is 22.0. The highest BCUT2D eigenvalue weighted by Crippen LogP contribution is 2.32. The summed E-state index contributed by atoms with van der Waals surface area (Å²) in [5.74, 6) is 0.983. The van der Waals surface area contributed by atoms with Crippen molar-refractivity contribution < 1.29 is 5.11 Å². The van der Waals surface area contributed by atoms with Crippen LogP contribution in [-0.4, -0.2) is 11.3 Å². The molecule has 1 aromatic carbocycles. The molecule has 1 aliphatic rings. The van der Waals surface area contributed by atoms with Gasteiger partial charge in [-0.2, -0.15) is 5.26 Å². The minimum Gasteiger partial charge on any atom is -0.378 e. The Bertz CT molecular complexity index is 421. The monoisotopic (exact) mass is 244 g/mol. The van der Waals surface area contributed by atoms with Crippen LogP contribution in [0.5, 0.6) is 0 Å². The van der Waals surface area contributed by atoms with Crippen LogP contribution in [0, 0.1) is 23.2 Å². The Morgan fingerprint density at radius 2 is 2.11 bits per heavy atom. The smallest absolute Gasteiger partial charge is 0.108 e. The first-order valence-electron chi connectivity index (χ1n) is 6.61. The Morgan fingerprint density at radius 1 is 1.39 bits per heavy atom. The van der Waals surface area contributed by atoms with E-state index in [1.165, 1.54) is 12.8 Å². The van der Waals surface area contributed by atoms with Gasteiger partial charge in [0.2, 0.25) is 0 Å². The minimum atomic E-state index is -0.418. The molecule has 1 aliphatic carbocycles. The predicted octanol–water partition coefficient (Wildman–Crippen LogP) is 2.40. The summed E-state index contributed by atoms with van der Waals surface area (Å²) in [6.45, 7) is 2.86. The van der Waals surface area contributed by atoms with E-state index in [1.54, 1.807) is 0 Å².